The SMILES string of the molecule is COC(=O)Nc1nc(NC(C)=O)ccc1/N=N/c1ccccc1OC(=O)OC. The molecule has 0 aliphatic heterocycles. The van der Waals surface area contributed by atoms with Gasteiger partial charge < -0.3 is 19.5 Å². The molecule has 0 aliphatic rings. The normalized spacial score (nSPS) is 10.2. The van der Waals surface area contributed by atoms with Gasteiger partial charge in [-0.05, 0) is 24.3 Å². The summed E-state index contributed by atoms with van der Waals surface area (Å²) in [6.45, 7) is 1.32. The van der Waals surface area contributed by atoms with Crippen molar-refractivity contribution in [2.45, 2.75) is 6.92 Å². The van der Waals surface area contributed by atoms with Gasteiger partial charge >= 0.3 is 12.2 Å². The monoisotopic (exact) mass is 387 g/mol. The summed E-state index contributed by atoms with van der Waals surface area (Å²) < 4.78 is 14.0. The molecule has 0 unspecified atom stereocenters. The van der Waals surface area contributed by atoms with Crippen LogP contribution in [0.4, 0.5) is 32.6 Å². The van der Waals surface area contributed by atoms with Crippen LogP contribution in [0.3, 0.4) is 0 Å². The van der Waals surface area contributed by atoms with Crippen LogP contribution in [0.1, 0.15) is 6.92 Å². The number of nitrogens with one attached hydrogen (secondary N) is 2. The molecule has 2 aromatic rings. The molecular weight excluding hydrogens is 370 g/mol. The largest absolute Gasteiger partial charge is 0.513 e. The van der Waals surface area contributed by atoms with Crippen molar-refractivity contribution in [1.82, 2.24) is 4.98 Å². The first kappa shape index (κ1) is 20.3. The number of rotatable bonds is 5. The van der Waals surface area contributed by atoms with Crippen molar-refractivity contribution >= 4 is 41.2 Å². The summed E-state index contributed by atoms with van der Waals surface area (Å²) in [4.78, 5) is 38.2. The Balaban J connectivity index is 2.35. The van der Waals surface area contributed by atoms with Crippen LogP contribution in [0.15, 0.2) is 46.6 Å². The summed E-state index contributed by atoms with van der Waals surface area (Å²) in [5, 5.41) is 12.9. The zero-order chi connectivity index (χ0) is 20.5. The van der Waals surface area contributed by atoms with Crippen molar-refractivity contribution in [3.63, 3.8) is 0 Å². The molecule has 0 spiro atoms. The van der Waals surface area contributed by atoms with Gasteiger partial charge in [0.15, 0.2) is 11.6 Å². The fraction of sp³-hybridized carbons (Fsp3) is 0.176. The standard InChI is InChI=1S/C17H17N5O6/c1-10(23)18-14-9-8-12(15(19-14)20-16(24)26-2)22-21-11-6-4-5-7-13(11)28-17(25)27-3/h4-9H,1-3H3,(H2,18,19,20,23,24)/b22-21+. The number of hydrogen-bond donors (Lipinski definition) is 2. The average molecular weight is 387 g/mol. The predicted molar refractivity (Wildman–Crippen MR) is 98.2 cm³/mol. The lowest BCUT2D eigenvalue weighted by Gasteiger charge is -2.08. The number of amides is 2. The van der Waals surface area contributed by atoms with Gasteiger partial charge in [-0.2, -0.15) is 0 Å². The van der Waals surface area contributed by atoms with E-state index in [1.165, 1.54) is 39.3 Å². The van der Waals surface area contributed by atoms with E-state index in [0.29, 0.717) is 0 Å². The molecule has 28 heavy (non-hydrogen) atoms. The molecule has 0 aliphatic carbocycles. The summed E-state index contributed by atoms with van der Waals surface area (Å²) in [7, 11) is 2.37. The summed E-state index contributed by atoms with van der Waals surface area (Å²) in [5.41, 5.74) is 0.412. The van der Waals surface area contributed by atoms with E-state index in [1.54, 1.807) is 18.2 Å². The summed E-state index contributed by atoms with van der Waals surface area (Å²) in [6.07, 6.45) is -1.68. The number of hydrogen-bond acceptors (Lipinski definition) is 9. The predicted octanol–water partition coefficient (Wildman–Crippen LogP) is 3.78. The van der Waals surface area contributed by atoms with E-state index >= 15 is 0 Å². The van der Waals surface area contributed by atoms with Crippen LogP contribution < -0.4 is 15.4 Å². The number of carbonyl (C=O) groups excluding carboxylic acids is 3. The Hall–Kier alpha value is -4.02. The first-order valence-corrected chi connectivity index (χ1v) is 7.83. The minimum absolute atomic E-state index is 0.00761. The highest BCUT2D eigenvalue weighted by Crippen LogP contribution is 2.31. The van der Waals surface area contributed by atoms with E-state index in [0.717, 1.165) is 0 Å². The summed E-state index contributed by atoms with van der Waals surface area (Å²) in [6, 6.07) is 9.35. The van der Waals surface area contributed by atoms with Crippen molar-refractivity contribution < 1.29 is 28.6 Å². The maximum atomic E-state index is 11.5. The Morgan fingerprint density at radius 1 is 0.929 bits per heavy atom. The van der Waals surface area contributed by atoms with Gasteiger partial charge in [-0.1, -0.05) is 12.1 Å². The van der Waals surface area contributed by atoms with Gasteiger partial charge in [0.2, 0.25) is 5.91 Å². The van der Waals surface area contributed by atoms with Crippen molar-refractivity contribution in [3.05, 3.63) is 36.4 Å². The molecule has 146 valence electrons. The molecule has 2 N–H and O–H groups in total. The molecule has 0 bridgehead atoms. The number of methoxy groups -OCH3 is 2. The van der Waals surface area contributed by atoms with E-state index in [4.69, 9.17) is 4.74 Å². The average Bonchev–Trinajstić information content (AvgIpc) is 2.67. The number of azo groups is 1. The Bertz CT molecular complexity index is 915. The first-order chi connectivity index (χ1) is 13.4. The van der Waals surface area contributed by atoms with Gasteiger partial charge in [-0.25, -0.2) is 14.6 Å². The molecule has 1 aromatic heterocycles. The summed E-state index contributed by atoms with van der Waals surface area (Å²) in [5.74, 6) is 0.00341. The molecule has 0 atom stereocenters. The number of aromatic nitrogens is 1. The minimum Gasteiger partial charge on any atom is -0.453 e. The van der Waals surface area contributed by atoms with Crippen LogP contribution in [0.25, 0.3) is 0 Å². The van der Waals surface area contributed by atoms with Gasteiger partial charge in [-0.15, -0.1) is 10.2 Å². The molecule has 2 rings (SSSR count). The van der Waals surface area contributed by atoms with Gasteiger partial charge in [0.1, 0.15) is 17.2 Å². The molecule has 0 saturated carbocycles. The quantitative estimate of drug-likeness (QED) is 0.452. The third-order valence-corrected chi connectivity index (χ3v) is 3.07. The van der Waals surface area contributed by atoms with Crippen molar-refractivity contribution in [2.24, 2.45) is 10.2 Å². The van der Waals surface area contributed by atoms with Crippen LogP contribution in [0, 0.1) is 0 Å². The molecule has 0 radical (unpaired) electrons. The van der Waals surface area contributed by atoms with Gasteiger partial charge in [-0.3, -0.25) is 10.1 Å². The molecule has 11 heteroatoms. The number of benzene rings is 1. The second-order valence-corrected chi connectivity index (χ2v) is 5.09. The first-order valence-electron chi connectivity index (χ1n) is 7.83. The minimum atomic E-state index is -0.906. The van der Waals surface area contributed by atoms with Gasteiger partial charge in [0, 0.05) is 6.92 Å². The fourth-order valence-electron chi connectivity index (χ4n) is 1.89. The fourth-order valence-corrected chi connectivity index (χ4v) is 1.89. The van der Waals surface area contributed by atoms with E-state index in [2.05, 4.69) is 35.3 Å². The zero-order valence-corrected chi connectivity index (χ0v) is 15.3. The zero-order valence-electron chi connectivity index (χ0n) is 15.3. The number of para-hydroxylation sites is 1. The van der Waals surface area contributed by atoms with E-state index in [-0.39, 0.29) is 34.7 Å². The van der Waals surface area contributed by atoms with Crippen molar-refractivity contribution in [1.29, 1.82) is 0 Å². The Morgan fingerprint density at radius 2 is 1.64 bits per heavy atom. The van der Waals surface area contributed by atoms with E-state index in [1.807, 2.05) is 0 Å². The van der Waals surface area contributed by atoms with Crippen LogP contribution in [-0.4, -0.2) is 37.4 Å². The van der Waals surface area contributed by atoms with Gasteiger partial charge in [0.05, 0.1) is 14.2 Å². The second kappa shape index (κ2) is 9.62. The molecule has 2 amide bonds. The van der Waals surface area contributed by atoms with Gasteiger partial charge in [0.25, 0.3) is 0 Å². The number of nitrogens with zero attached hydrogens (tertiary/aromatic N) is 3. The maximum absolute atomic E-state index is 11.5. The third kappa shape index (κ3) is 5.76. The van der Waals surface area contributed by atoms with Crippen molar-refractivity contribution in [2.75, 3.05) is 24.9 Å². The Morgan fingerprint density at radius 3 is 2.32 bits per heavy atom. The molecule has 0 fully saturated rings. The highest BCUT2D eigenvalue weighted by Gasteiger charge is 2.12. The van der Waals surface area contributed by atoms with Crippen LogP contribution in [0.5, 0.6) is 5.75 Å². The Kier molecular flexibility index (Phi) is 6.97. The lowest BCUT2D eigenvalue weighted by molar-refractivity contribution is -0.114. The van der Waals surface area contributed by atoms with Crippen LogP contribution in [0.2, 0.25) is 0 Å². The lowest BCUT2D eigenvalue weighted by atomic mass is 10.3. The van der Waals surface area contributed by atoms with E-state index < -0.39 is 12.2 Å². The van der Waals surface area contributed by atoms with Crippen molar-refractivity contribution in [3.8, 4) is 5.75 Å². The lowest BCUT2D eigenvalue weighted by Crippen LogP contribution is -2.14. The Labute approximate surface area is 159 Å². The molecule has 11 nitrogen and oxygen atoms in total. The highest BCUT2D eigenvalue weighted by molar-refractivity contribution is 5.90. The molecule has 0 saturated heterocycles. The summed E-state index contributed by atoms with van der Waals surface area (Å²) >= 11 is 0. The topological polar surface area (TPSA) is 141 Å². The van der Waals surface area contributed by atoms with E-state index in [9.17, 15) is 14.4 Å². The number of anilines is 2. The number of carbonyl (C=O) groups is 3. The van der Waals surface area contributed by atoms with Crippen LogP contribution in [-0.2, 0) is 14.3 Å². The number of pyridine rings is 1. The number of ether oxygens (including phenoxy) is 3. The molecule has 1 aromatic carbocycles. The smallest absolute Gasteiger partial charge is 0.453 e. The molecule has 1 heterocycles. The second-order valence-electron chi connectivity index (χ2n) is 5.09. The third-order valence-electron chi connectivity index (χ3n) is 3.07. The highest BCUT2D eigenvalue weighted by atomic mass is 16.7. The molecular formula is C17H17N5O6. The van der Waals surface area contributed by atoms with Crippen LogP contribution >= 0.6 is 0 Å². The maximum Gasteiger partial charge on any atom is 0.513 e.